The SMILES string of the molecule is C=CCN1C(=O)C2C(NC3N(CCN4CCCCC4)N=C(C)CN23)N(C)C1=O. The summed E-state index contributed by atoms with van der Waals surface area (Å²) in [7, 11) is 1.75. The average Bonchev–Trinajstić information content (AvgIpc) is 3.08. The van der Waals surface area contributed by atoms with Crippen molar-refractivity contribution in [2.24, 2.45) is 5.10 Å². The number of likely N-dealkylation sites (tertiary alicyclic amines) is 1. The number of fused-ring (bicyclic) bond motifs is 3. The summed E-state index contributed by atoms with van der Waals surface area (Å²) in [6, 6.07) is -0.688. The van der Waals surface area contributed by atoms with Crippen LogP contribution in [0.1, 0.15) is 26.2 Å². The van der Waals surface area contributed by atoms with Gasteiger partial charge in [0.05, 0.1) is 6.54 Å². The van der Waals surface area contributed by atoms with Crippen LogP contribution in [0.4, 0.5) is 4.79 Å². The van der Waals surface area contributed by atoms with E-state index in [0.717, 1.165) is 31.9 Å². The van der Waals surface area contributed by atoms with Gasteiger partial charge in [0.15, 0.2) is 6.29 Å². The maximum atomic E-state index is 13.1. The van der Waals surface area contributed by atoms with Gasteiger partial charge in [-0.05, 0) is 32.9 Å². The Kier molecular flexibility index (Phi) is 5.39. The van der Waals surface area contributed by atoms with Crippen LogP contribution in [0.15, 0.2) is 17.8 Å². The van der Waals surface area contributed by atoms with Crippen molar-refractivity contribution in [3.8, 4) is 0 Å². The zero-order valence-electron chi connectivity index (χ0n) is 16.9. The Morgan fingerprint density at radius 1 is 1.21 bits per heavy atom. The molecule has 4 heterocycles. The Hall–Kier alpha value is -1.97. The highest BCUT2D eigenvalue weighted by molar-refractivity contribution is 6.01. The molecule has 0 aromatic rings. The topological polar surface area (TPSA) is 74.7 Å². The van der Waals surface area contributed by atoms with Gasteiger partial charge in [-0.15, -0.1) is 6.58 Å². The second-order valence-electron chi connectivity index (χ2n) is 8.13. The first-order valence-corrected chi connectivity index (χ1v) is 10.2. The van der Waals surface area contributed by atoms with E-state index in [2.05, 4.69) is 26.7 Å². The molecule has 0 spiro atoms. The first kappa shape index (κ1) is 19.4. The van der Waals surface area contributed by atoms with Crippen molar-refractivity contribution in [2.75, 3.05) is 46.3 Å². The van der Waals surface area contributed by atoms with Crippen LogP contribution in [0.2, 0.25) is 0 Å². The van der Waals surface area contributed by atoms with Crippen LogP contribution in [0.3, 0.4) is 0 Å². The maximum absolute atomic E-state index is 13.1. The zero-order valence-corrected chi connectivity index (χ0v) is 16.9. The summed E-state index contributed by atoms with van der Waals surface area (Å²) in [6.07, 6.45) is 4.93. The molecule has 28 heavy (non-hydrogen) atoms. The van der Waals surface area contributed by atoms with E-state index in [1.54, 1.807) is 18.0 Å². The first-order chi connectivity index (χ1) is 13.5. The van der Waals surface area contributed by atoms with E-state index in [1.807, 2.05) is 6.92 Å². The monoisotopic (exact) mass is 389 g/mol. The molecule has 1 N–H and O–H groups in total. The third-order valence-electron chi connectivity index (χ3n) is 6.16. The maximum Gasteiger partial charge on any atom is 0.328 e. The van der Waals surface area contributed by atoms with Gasteiger partial charge in [0.1, 0.15) is 12.2 Å². The Morgan fingerprint density at radius 3 is 2.68 bits per heavy atom. The van der Waals surface area contributed by atoms with Gasteiger partial charge in [0.25, 0.3) is 5.91 Å². The van der Waals surface area contributed by atoms with Gasteiger partial charge in [-0.2, -0.15) is 5.10 Å². The number of rotatable bonds is 5. The molecule has 0 aliphatic carbocycles. The number of hydrazone groups is 1. The molecule has 9 nitrogen and oxygen atoms in total. The highest BCUT2D eigenvalue weighted by Crippen LogP contribution is 2.30. The van der Waals surface area contributed by atoms with Gasteiger partial charge in [0, 0.05) is 32.4 Å². The van der Waals surface area contributed by atoms with Crippen molar-refractivity contribution >= 4 is 17.6 Å². The fourth-order valence-corrected chi connectivity index (χ4v) is 4.75. The number of carbonyl (C=O) groups is 2. The minimum absolute atomic E-state index is 0.159. The minimum Gasteiger partial charge on any atom is -0.310 e. The molecule has 0 saturated carbocycles. The Labute approximate surface area is 166 Å². The summed E-state index contributed by atoms with van der Waals surface area (Å²) >= 11 is 0. The molecule has 4 rings (SSSR count). The van der Waals surface area contributed by atoms with Crippen LogP contribution < -0.4 is 5.32 Å². The van der Waals surface area contributed by atoms with Gasteiger partial charge < -0.3 is 9.80 Å². The molecule has 0 radical (unpaired) electrons. The van der Waals surface area contributed by atoms with E-state index in [0.29, 0.717) is 6.54 Å². The summed E-state index contributed by atoms with van der Waals surface area (Å²) in [5, 5.41) is 10.3. The standard InChI is InChI=1S/C19H31N7O2/c1-4-8-24-17(27)15-16(22(3)19(24)28)20-18-25(15)13-14(2)21-26(18)12-11-23-9-6-5-7-10-23/h4,15-16,18,20H,1,5-13H2,2-3H3. The molecule has 3 saturated heterocycles. The van der Waals surface area contributed by atoms with Gasteiger partial charge in [0.2, 0.25) is 0 Å². The van der Waals surface area contributed by atoms with E-state index in [1.165, 1.54) is 24.2 Å². The van der Waals surface area contributed by atoms with Gasteiger partial charge in [-0.25, -0.2) is 9.69 Å². The fraction of sp³-hybridized carbons (Fsp3) is 0.737. The van der Waals surface area contributed by atoms with E-state index < -0.39 is 6.04 Å². The lowest BCUT2D eigenvalue weighted by atomic mass is 10.1. The van der Waals surface area contributed by atoms with E-state index >= 15 is 0 Å². The molecule has 154 valence electrons. The fourth-order valence-electron chi connectivity index (χ4n) is 4.75. The van der Waals surface area contributed by atoms with Crippen LogP contribution in [-0.4, -0.2) is 107 Å². The largest absolute Gasteiger partial charge is 0.328 e. The highest BCUT2D eigenvalue weighted by atomic mass is 16.2. The highest BCUT2D eigenvalue weighted by Gasteiger charge is 2.56. The second-order valence-corrected chi connectivity index (χ2v) is 8.13. The van der Waals surface area contributed by atoms with E-state index in [9.17, 15) is 9.59 Å². The second kappa shape index (κ2) is 7.81. The molecule has 4 aliphatic heterocycles. The summed E-state index contributed by atoms with van der Waals surface area (Å²) in [4.78, 5) is 33.3. The number of carbonyl (C=O) groups excluding carboxylic acids is 2. The number of nitrogens with zero attached hydrogens (tertiary/aromatic N) is 6. The van der Waals surface area contributed by atoms with Crippen LogP contribution in [-0.2, 0) is 4.79 Å². The van der Waals surface area contributed by atoms with Crippen molar-refractivity contribution in [3.63, 3.8) is 0 Å². The van der Waals surface area contributed by atoms with E-state index in [-0.39, 0.29) is 30.9 Å². The molecule has 9 heteroatoms. The number of imide groups is 1. The van der Waals surface area contributed by atoms with Gasteiger partial charge >= 0.3 is 6.03 Å². The van der Waals surface area contributed by atoms with Gasteiger partial charge in [-0.1, -0.05) is 12.5 Å². The van der Waals surface area contributed by atoms with Crippen LogP contribution in [0.25, 0.3) is 0 Å². The molecule has 4 aliphatic rings. The average molecular weight is 390 g/mol. The summed E-state index contributed by atoms with van der Waals surface area (Å²) in [6.45, 7) is 10.6. The lowest BCUT2D eigenvalue weighted by Gasteiger charge is -2.42. The molecular formula is C19H31N7O2. The number of amides is 3. The Balaban J connectivity index is 1.52. The minimum atomic E-state index is -0.407. The van der Waals surface area contributed by atoms with Crippen molar-refractivity contribution in [1.82, 2.24) is 29.9 Å². The van der Waals surface area contributed by atoms with Gasteiger partial charge in [-0.3, -0.25) is 20.0 Å². The van der Waals surface area contributed by atoms with Crippen molar-refractivity contribution in [3.05, 3.63) is 12.7 Å². The van der Waals surface area contributed by atoms with Crippen molar-refractivity contribution < 1.29 is 9.59 Å². The number of likely N-dealkylation sites (N-methyl/N-ethyl adjacent to an activating group) is 1. The molecule has 3 fully saturated rings. The molecular weight excluding hydrogens is 358 g/mol. The number of hydrogen-bond acceptors (Lipinski definition) is 7. The predicted octanol–water partition coefficient (Wildman–Crippen LogP) is 0.127. The number of hydrogen-bond donors (Lipinski definition) is 1. The predicted molar refractivity (Wildman–Crippen MR) is 106 cm³/mol. The Bertz CT molecular complexity index is 675. The molecule has 0 aromatic carbocycles. The van der Waals surface area contributed by atoms with E-state index in [4.69, 9.17) is 5.10 Å². The third-order valence-corrected chi connectivity index (χ3v) is 6.16. The van der Waals surface area contributed by atoms with Crippen LogP contribution in [0.5, 0.6) is 0 Å². The lowest BCUT2D eigenvalue weighted by Crippen LogP contribution is -2.66. The molecule has 3 amide bonds. The zero-order chi connectivity index (χ0) is 19.8. The summed E-state index contributed by atoms with van der Waals surface area (Å²) in [5.41, 5.74) is 0.986. The van der Waals surface area contributed by atoms with Crippen molar-refractivity contribution in [2.45, 2.75) is 44.7 Å². The summed E-state index contributed by atoms with van der Waals surface area (Å²) in [5.74, 6) is -0.159. The quantitative estimate of drug-likeness (QED) is 0.674. The lowest BCUT2D eigenvalue weighted by molar-refractivity contribution is -0.138. The molecule has 0 aromatic heterocycles. The number of urea groups is 1. The number of nitrogens with one attached hydrogen (secondary N) is 1. The first-order valence-electron chi connectivity index (χ1n) is 10.2. The number of piperidine rings is 1. The van der Waals surface area contributed by atoms with Crippen LogP contribution >= 0.6 is 0 Å². The van der Waals surface area contributed by atoms with Crippen LogP contribution in [0, 0.1) is 0 Å². The third kappa shape index (κ3) is 3.31. The van der Waals surface area contributed by atoms with Crippen molar-refractivity contribution in [1.29, 1.82) is 0 Å². The summed E-state index contributed by atoms with van der Waals surface area (Å²) < 4.78 is 0. The molecule has 0 bridgehead atoms. The normalized spacial score (nSPS) is 31.7. The molecule has 3 atom stereocenters. The Morgan fingerprint density at radius 2 is 1.96 bits per heavy atom. The molecule has 3 unspecified atom stereocenters. The smallest absolute Gasteiger partial charge is 0.310 e.